The monoisotopic (exact) mass is 358 g/mol. The van der Waals surface area contributed by atoms with Crippen LogP contribution in [0.3, 0.4) is 0 Å². The van der Waals surface area contributed by atoms with E-state index in [0.29, 0.717) is 9.47 Å². The number of anilines is 2. The van der Waals surface area contributed by atoms with Gasteiger partial charge in [0.1, 0.15) is 11.6 Å². The first-order valence-electron chi connectivity index (χ1n) is 6.99. The van der Waals surface area contributed by atoms with Gasteiger partial charge in [0.25, 0.3) is 0 Å². The standard InChI is InChI=1S/C14H16F2N4OS2/c1-3-6-17-13-19-20-14(23-13)22-8(2)12(21)18-11-5-4-9(15)7-10(11)16/h4-5,7-8H,3,6H2,1-2H3,(H,17,19)(H,18,21)/t8-/m1/s1. The molecule has 1 heterocycles. The number of aromatic nitrogens is 2. The van der Waals surface area contributed by atoms with E-state index in [1.165, 1.54) is 29.2 Å². The number of nitrogens with zero attached hydrogens (tertiary/aromatic N) is 2. The maximum absolute atomic E-state index is 13.5. The first-order chi connectivity index (χ1) is 11.0. The van der Waals surface area contributed by atoms with Crippen molar-refractivity contribution in [1.29, 1.82) is 0 Å². The average molecular weight is 358 g/mol. The number of benzene rings is 1. The molecule has 0 aliphatic heterocycles. The quantitative estimate of drug-likeness (QED) is 0.738. The number of rotatable bonds is 7. The van der Waals surface area contributed by atoms with Crippen LogP contribution in [0.4, 0.5) is 19.6 Å². The van der Waals surface area contributed by atoms with Gasteiger partial charge in [-0.05, 0) is 25.5 Å². The van der Waals surface area contributed by atoms with Crippen molar-refractivity contribution in [2.45, 2.75) is 29.9 Å². The summed E-state index contributed by atoms with van der Waals surface area (Å²) in [5, 5.41) is 13.7. The molecular formula is C14H16F2N4OS2. The van der Waals surface area contributed by atoms with Crippen molar-refractivity contribution in [1.82, 2.24) is 10.2 Å². The molecule has 1 amide bonds. The molecule has 1 aromatic heterocycles. The van der Waals surface area contributed by atoms with Crippen LogP contribution in [0.2, 0.25) is 0 Å². The molecular weight excluding hydrogens is 342 g/mol. The molecule has 5 nitrogen and oxygen atoms in total. The van der Waals surface area contributed by atoms with Crippen LogP contribution < -0.4 is 10.6 Å². The second kappa shape index (κ2) is 8.21. The van der Waals surface area contributed by atoms with Gasteiger partial charge in [0.2, 0.25) is 11.0 Å². The zero-order valence-electron chi connectivity index (χ0n) is 12.6. The van der Waals surface area contributed by atoms with Crippen molar-refractivity contribution >= 4 is 39.8 Å². The van der Waals surface area contributed by atoms with Crippen LogP contribution in [-0.2, 0) is 4.79 Å². The van der Waals surface area contributed by atoms with Gasteiger partial charge < -0.3 is 10.6 Å². The number of nitrogens with one attached hydrogen (secondary N) is 2. The summed E-state index contributed by atoms with van der Waals surface area (Å²) in [6.07, 6.45) is 0.976. The SMILES string of the molecule is CCCNc1nnc(S[C@H](C)C(=O)Nc2ccc(F)cc2F)s1. The molecule has 0 aliphatic carbocycles. The van der Waals surface area contributed by atoms with E-state index in [9.17, 15) is 13.6 Å². The molecule has 124 valence electrons. The number of amides is 1. The zero-order chi connectivity index (χ0) is 16.8. The largest absolute Gasteiger partial charge is 0.360 e. The van der Waals surface area contributed by atoms with Gasteiger partial charge in [-0.15, -0.1) is 10.2 Å². The fourth-order valence-corrected chi connectivity index (χ4v) is 3.51. The van der Waals surface area contributed by atoms with Crippen molar-refractivity contribution in [2.75, 3.05) is 17.2 Å². The molecule has 2 N–H and O–H groups in total. The lowest BCUT2D eigenvalue weighted by Gasteiger charge is -2.10. The molecule has 0 fully saturated rings. The van der Waals surface area contributed by atoms with E-state index in [4.69, 9.17) is 0 Å². The van der Waals surface area contributed by atoms with Crippen molar-refractivity contribution in [3.63, 3.8) is 0 Å². The molecule has 23 heavy (non-hydrogen) atoms. The maximum Gasteiger partial charge on any atom is 0.237 e. The molecule has 0 bridgehead atoms. The Labute approximate surface area is 140 Å². The van der Waals surface area contributed by atoms with E-state index in [-0.39, 0.29) is 5.69 Å². The summed E-state index contributed by atoms with van der Waals surface area (Å²) in [5.74, 6) is -1.89. The predicted octanol–water partition coefficient (Wildman–Crippen LogP) is 3.76. The third kappa shape index (κ3) is 5.14. The summed E-state index contributed by atoms with van der Waals surface area (Å²) in [5.41, 5.74) is -0.0496. The molecule has 1 atom stereocenters. The van der Waals surface area contributed by atoms with Crippen LogP contribution in [0.25, 0.3) is 0 Å². The molecule has 0 unspecified atom stereocenters. The number of hydrogen-bond acceptors (Lipinski definition) is 6. The molecule has 0 radical (unpaired) electrons. The van der Waals surface area contributed by atoms with Gasteiger partial charge in [0.15, 0.2) is 4.34 Å². The second-order valence-corrected chi connectivity index (χ2v) is 7.24. The van der Waals surface area contributed by atoms with E-state index < -0.39 is 22.8 Å². The van der Waals surface area contributed by atoms with E-state index >= 15 is 0 Å². The Morgan fingerprint density at radius 1 is 1.39 bits per heavy atom. The fourth-order valence-electron chi connectivity index (χ4n) is 1.59. The number of halogens is 2. The van der Waals surface area contributed by atoms with E-state index in [0.717, 1.165) is 25.1 Å². The van der Waals surface area contributed by atoms with Crippen LogP contribution in [0, 0.1) is 11.6 Å². The van der Waals surface area contributed by atoms with E-state index in [2.05, 4.69) is 20.8 Å². The first kappa shape index (κ1) is 17.6. The van der Waals surface area contributed by atoms with Crippen molar-refractivity contribution in [2.24, 2.45) is 0 Å². The minimum atomic E-state index is -0.808. The zero-order valence-corrected chi connectivity index (χ0v) is 14.2. The molecule has 2 aromatic rings. The highest BCUT2D eigenvalue weighted by Crippen LogP contribution is 2.29. The van der Waals surface area contributed by atoms with Crippen LogP contribution in [0.5, 0.6) is 0 Å². The summed E-state index contributed by atoms with van der Waals surface area (Å²) in [6, 6.07) is 3.01. The van der Waals surface area contributed by atoms with Gasteiger partial charge in [-0.3, -0.25) is 4.79 Å². The van der Waals surface area contributed by atoms with Gasteiger partial charge in [-0.2, -0.15) is 0 Å². The Balaban J connectivity index is 1.93. The molecule has 0 saturated carbocycles. The highest BCUT2D eigenvalue weighted by atomic mass is 32.2. The summed E-state index contributed by atoms with van der Waals surface area (Å²) in [4.78, 5) is 12.1. The number of carbonyl (C=O) groups excluding carboxylic acids is 1. The van der Waals surface area contributed by atoms with E-state index in [1.807, 2.05) is 6.92 Å². The lowest BCUT2D eigenvalue weighted by molar-refractivity contribution is -0.115. The Morgan fingerprint density at radius 2 is 2.17 bits per heavy atom. The molecule has 0 aliphatic rings. The lowest BCUT2D eigenvalue weighted by atomic mass is 10.3. The van der Waals surface area contributed by atoms with Crippen molar-refractivity contribution in [3.8, 4) is 0 Å². The second-order valence-electron chi connectivity index (χ2n) is 4.67. The number of carbonyl (C=O) groups is 1. The molecule has 1 aromatic carbocycles. The van der Waals surface area contributed by atoms with Gasteiger partial charge in [0, 0.05) is 12.6 Å². The van der Waals surface area contributed by atoms with E-state index in [1.54, 1.807) is 6.92 Å². The topological polar surface area (TPSA) is 66.9 Å². The third-order valence-electron chi connectivity index (χ3n) is 2.77. The van der Waals surface area contributed by atoms with Crippen LogP contribution in [0.15, 0.2) is 22.5 Å². The minimum absolute atomic E-state index is 0.0496. The molecule has 2 rings (SSSR count). The van der Waals surface area contributed by atoms with Crippen molar-refractivity contribution < 1.29 is 13.6 Å². The molecule has 0 spiro atoms. The predicted molar refractivity (Wildman–Crippen MR) is 89.0 cm³/mol. The summed E-state index contributed by atoms with van der Waals surface area (Å²) < 4.78 is 27.0. The summed E-state index contributed by atoms with van der Waals surface area (Å²) in [7, 11) is 0. The molecule has 9 heteroatoms. The minimum Gasteiger partial charge on any atom is -0.360 e. The Bertz CT molecular complexity index is 681. The Morgan fingerprint density at radius 3 is 2.87 bits per heavy atom. The normalized spacial score (nSPS) is 12.0. The summed E-state index contributed by atoms with van der Waals surface area (Å²) >= 11 is 2.59. The Kier molecular flexibility index (Phi) is 6.28. The third-order valence-corrected chi connectivity index (χ3v) is 4.83. The highest BCUT2D eigenvalue weighted by Gasteiger charge is 2.18. The van der Waals surface area contributed by atoms with Crippen molar-refractivity contribution in [3.05, 3.63) is 29.8 Å². The highest BCUT2D eigenvalue weighted by molar-refractivity contribution is 8.02. The maximum atomic E-state index is 13.5. The van der Waals surface area contributed by atoms with Crippen LogP contribution >= 0.6 is 23.1 Å². The van der Waals surface area contributed by atoms with Gasteiger partial charge in [-0.1, -0.05) is 30.0 Å². The fraction of sp³-hybridized carbons (Fsp3) is 0.357. The van der Waals surface area contributed by atoms with Crippen LogP contribution in [-0.4, -0.2) is 27.9 Å². The van der Waals surface area contributed by atoms with Gasteiger partial charge >= 0.3 is 0 Å². The Hall–Kier alpha value is -1.74. The smallest absolute Gasteiger partial charge is 0.237 e. The summed E-state index contributed by atoms with van der Waals surface area (Å²) in [6.45, 7) is 4.53. The van der Waals surface area contributed by atoms with Crippen LogP contribution in [0.1, 0.15) is 20.3 Å². The number of hydrogen-bond donors (Lipinski definition) is 2. The average Bonchev–Trinajstić information content (AvgIpc) is 2.95. The number of thioether (sulfide) groups is 1. The van der Waals surface area contributed by atoms with Gasteiger partial charge in [-0.25, -0.2) is 8.78 Å². The lowest BCUT2D eigenvalue weighted by Crippen LogP contribution is -2.22. The molecule has 0 saturated heterocycles. The first-order valence-corrected chi connectivity index (χ1v) is 8.69. The van der Waals surface area contributed by atoms with Gasteiger partial charge in [0.05, 0.1) is 10.9 Å².